The second-order valence-electron chi connectivity index (χ2n) is 4.98. The van der Waals surface area contributed by atoms with Crippen LogP contribution in [0.2, 0.25) is 0 Å². The lowest BCUT2D eigenvalue weighted by atomic mass is 10.2. The van der Waals surface area contributed by atoms with Gasteiger partial charge in [-0.15, -0.1) is 0 Å². The summed E-state index contributed by atoms with van der Waals surface area (Å²) >= 11 is 0. The number of aromatic nitrogens is 6. The van der Waals surface area contributed by atoms with Gasteiger partial charge < -0.3 is 10.1 Å². The summed E-state index contributed by atoms with van der Waals surface area (Å²) in [4.78, 5) is 12.2. The lowest BCUT2D eigenvalue weighted by Gasteiger charge is -2.13. The fourth-order valence-corrected chi connectivity index (χ4v) is 1.92. The minimum Gasteiger partial charge on any atom is -0.422 e. The van der Waals surface area contributed by atoms with Crippen molar-refractivity contribution in [2.45, 2.75) is 19.9 Å². The van der Waals surface area contributed by atoms with Crippen LogP contribution >= 0.6 is 0 Å². The SMILES string of the molecule is Cc1cnn(C(C)C(=O)Nc2ccc(Oc3nn[nH]n3)cc2)c1. The lowest BCUT2D eigenvalue weighted by molar-refractivity contribution is -0.119. The first kappa shape index (κ1) is 14.7. The van der Waals surface area contributed by atoms with Gasteiger partial charge in [0.15, 0.2) is 0 Å². The molecule has 0 aliphatic carbocycles. The summed E-state index contributed by atoms with van der Waals surface area (Å²) in [6.07, 6.45) is 3.54. The van der Waals surface area contributed by atoms with Crippen molar-refractivity contribution in [1.29, 1.82) is 0 Å². The van der Waals surface area contributed by atoms with E-state index < -0.39 is 6.04 Å². The summed E-state index contributed by atoms with van der Waals surface area (Å²) in [6, 6.07) is 6.59. The smallest absolute Gasteiger partial charge is 0.361 e. The molecule has 2 heterocycles. The number of nitrogens with zero attached hydrogens (tertiary/aromatic N) is 5. The number of anilines is 1. The van der Waals surface area contributed by atoms with Crippen molar-refractivity contribution in [1.82, 2.24) is 30.4 Å². The van der Waals surface area contributed by atoms with Crippen molar-refractivity contribution >= 4 is 11.6 Å². The van der Waals surface area contributed by atoms with Gasteiger partial charge in [0.1, 0.15) is 11.8 Å². The molecule has 1 atom stereocenters. The third-order valence-corrected chi connectivity index (χ3v) is 3.16. The van der Waals surface area contributed by atoms with E-state index in [0.717, 1.165) is 5.56 Å². The van der Waals surface area contributed by atoms with E-state index in [4.69, 9.17) is 4.74 Å². The molecule has 23 heavy (non-hydrogen) atoms. The van der Waals surface area contributed by atoms with Crippen molar-refractivity contribution in [3.63, 3.8) is 0 Å². The molecule has 0 saturated carbocycles. The van der Waals surface area contributed by atoms with Gasteiger partial charge in [-0.2, -0.15) is 10.3 Å². The third kappa shape index (κ3) is 3.51. The van der Waals surface area contributed by atoms with Gasteiger partial charge in [0.2, 0.25) is 5.91 Å². The highest BCUT2D eigenvalue weighted by Gasteiger charge is 2.15. The zero-order chi connectivity index (χ0) is 16.2. The van der Waals surface area contributed by atoms with Crippen LogP contribution in [0.25, 0.3) is 0 Å². The first-order valence-electron chi connectivity index (χ1n) is 6.95. The van der Waals surface area contributed by atoms with Crippen LogP contribution in [-0.2, 0) is 4.79 Å². The highest BCUT2D eigenvalue weighted by Crippen LogP contribution is 2.20. The van der Waals surface area contributed by atoms with Gasteiger partial charge in [-0.05, 0) is 48.9 Å². The monoisotopic (exact) mass is 313 g/mol. The zero-order valence-corrected chi connectivity index (χ0v) is 12.6. The van der Waals surface area contributed by atoms with Crippen molar-refractivity contribution in [3.8, 4) is 11.8 Å². The fourth-order valence-electron chi connectivity index (χ4n) is 1.92. The molecule has 0 aliphatic heterocycles. The van der Waals surface area contributed by atoms with E-state index in [-0.39, 0.29) is 11.9 Å². The number of carbonyl (C=O) groups excluding carboxylic acids is 1. The first-order valence-corrected chi connectivity index (χ1v) is 6.95. The Labute approximate surface area is 131 Å². The van der Waals surface area contributed by atoms with Gasteiger partial charge in [0, 0.05) is 11.9 Å². The van der Waals surface area contributed by atoms with E-state index in [1.807, 2.05) is 13.1 Å². The first-order chi connectivity index (χ1) is 11.1. The quantitative estimate of drug-likeness (QED) is 0.741. The summed E-state index contributed by atoms with van der Waals surface area (Å²) in [5.74, 6) is 0.389. The molecule has 9 heteroatoms. The molecule has 2 aromatic heterocycles. The molecule has 0 saturated heterocycles. The molecule has 3 aromatic rings. The largest absolute Gasteiger partial charge is 0.422 e. The number of tetrazole rings is 1. The lowest BCUT2D eigenvalue weighted by Crippen LogP contribution is -2.23. The van der Waals surface area contributed by atoms with Crippen LogP contribution < -0.4 is 10.1 Å². The molecule has 3 rings (SSSR count). The maximum Gasteiger partial charge on any atom is 0.361 e. The van der Waals surface area contributed by atoms with Gasteiger partial charge >= 0.3 is 6.01 Å². The maximum absolute atomic E-state index is 12.2. The molecule has 0 spiro atoms. The Hall–Kier alpha value is -3.23. The van der Waals surface area contributed by atoms with Gasteiger partial charge in [0.05, 0.1) is 6.20 Å². The van der Waals surface area contributed by atoms with E-state index in [1.54, 1.807) is 42.1 Å². The van der Waals surface area contributed by atoms with Crippen LogP contribution in [0.15, 0.2) is 36.7 Å². The van der Waals surface area contributed by atoms with Crippen LogP contribution in [0.3, 0.4) is 0 Å². The average Bonchev–Trinajstić information content (AvgIpc) is 3.20. The van der Waals surface area contributed by atoms with Gasteiger partial charge in [-0.3, -0.25) is 9.48 Å². The number of H-pyrrole nitrogens is 1. The average molecular weight is 313 g/mol. The molecule has 1 aromatic carbocycles. The van der Waals surface area contributed by atoms with Crippen molar-refractivity contribution < 1.29 is 9.53 Å². The number of ether oxygens (including phenoxy) is 1. The molecule has 0 radical (unpaired) electrons. The van der Waals surface area contributed by atoms with Crippen LogP contribution in [0.4, 0.5) is 5.69 Å². The summed E-state index contributed by atoms with van der Waals surface area (Å²) in [6.45, 7) is 3.71. The number of aromatic amines is 1. The Bertz CT molecular complexity index is 780. The van der Waals surface area contributed by atoms with Gasteiger partial charge in [0.25, 0.3) is 0 Å². The van der Waals surface area contributed by atoms with Crippen molar-refractivity contribution in [3.05, 3.63) is 42.2 Å². The topological polar surface area (TPSA) is 111 Å². The number of hydrogen-bond donors (Lipinski definition) is 2. The minimum absolute atomic E-state index is 0.129. The molecule has 9 nitrogen and oxygen atoms in total. The third-order valence-electron chi connectivity index (χ3n) is 3.16. The predicted octanol–water partition coefficient (Wildman–Crippen LogP) is 1.70. The standard InChI is InChI=1S/C14H15N7O2/c1-9-7-15-21(8-9)10(2)13(22)16-11-3-5-12(6-4-11)23-14-17-19-20-18-14/h3-8,10H,1-2H3,(H,16,22)(H,17,18,19,20). The molecule has 1 amide bonds. The number of benzene rings is 1. The minimum atomic E-state index is -0.404. The number of rotatable bonds is 5. The predicted molar refractivity (Wildman–Crippen MR) is 81.0 cm³/mol. The number of nitrogens with one attached hydrogen (secondary N) is 2. The molecular formula is C14H15N7O2. The zero-order valence-electron chi connectivity index (χ0n) is 12.6. The van der Waals surface area contributed by atoms with E-state index in [1.165, 1.54) is 0 Å². The Morgan fingerprint density at radius 2 is 2.13 bits per heavy atom. The normalized spacial score (nSPS) is 11.9. The highest BCUT2D eigenvalue weighted by atomic mass is 16.5. The van der Waals surface area contributed by atoms with Crippen LogP contribution in [0.5, 0.6) is 11.8 Å². The van der Waals surface area contributed by atoms with Crippen molar-refractivity contribution in [2.24, 2.45) is 0 Å². The molecule has 0 fully saturated rings. The highest BCUT2D eigenvalue weighted by molar-refractivity contribution is 5.93. The van der Waals surface area contributed by atoms with Crippen LogP contribution in [-0.4, -0.2) is 36.3 Å². The second-order valence-corrected chi connectivity index (χ2v) is 4.98. The molecule has 0 bridgehead atoms. The van der Waals surface area contributed by atoms with Crippen LogP contribution in [0.1, 0.15) is 18.5 Å². The Kier molecular flexibility index (Phi) is 4.00. The summed E-state index contributed by atoms with van der Waals surface area (Å²) in [5, 5.41) is 20.1. The molecule has 0 aliphatic rings. The maximum atomic E-state index is 12.2. The van der Waals surface area contributed by atoms with Gasteiger partial charge in [-0.1, -0.05) is 10.2 Å². The second kappa shape index (κ2) is 6.26. The molecular weight excluding hydrogens is 298 g/mol. The van der Waals surface area contributed by atoms with Crippen LogP contribution in [0, 0.1) is 6.92 Å². The van der Waals surface area contributed by atoms with E-state index in [2.05, 4.69) is 31.0 Å². The number of aryl methyl sites for hydroxylation is 1. The Morgan fingerprint density at radius 3 is 2.74 bits per heavy atom. The van der Waals surface area contributed by atoms with Gasteiger partial charge in [-0.25, -0.2) is 0 Å². The summed E-state index contributed by atoms with van der Waals surface area (Å²) in [7, 11) is 0. The molecule has 118 valence electrons. The fraction of sp³-hybridized carbons (Fsp3) is 0.214. The molecule has 1 unspecified atom stereocenters. The number of amides is 1. The Morgan fingerprint density at radius 1 is 1.35 bits per heavy atom. The van der Waals surface area contributed by atoms with Crippen molar-refractivity contribution in [2.75, 3.05) is 5.32 Å². The Balaban J connectivity index is 1.62. The molecule has 2 N–H and O–H groups in total. The number of carbonyl (C=O) groups is 1. The van der Waals surface area contributed by atoms with E-state index >= 15 is 0 Å². The number of hydrogen-bond acceptors (Lipinski definition) is 6. The summed E-state index contributed by atoms with van der Waals surface area (Å²) in [5.41, 5.74) is 1.67. The van der Waals surface area contributed by atoms with E-state index in [0.29, 0.717) is 11.4 Å². The van der Waals surface area contributed by atoms with E-state index in [9.17, 15) is 4.79 Å². The summed E-state index contributed by atoms with van der Waals surface area (Å²) < 4.78 is 6.98.